The predicted molar refractivity (Wildman–Crippen MR) is 78.8 cm³/mol. The Balaban J connectivity index is 2.32. The highest BCUT2D eigenvalue weighted by Crippen LogP contribution is 2.27. The summed E-state index contributed by atoms with van der Waals surface area (Å²) in [4.78, 5) is 0.554. The lowest BCUT2D eigenvalue weighted by atomic mass is 10.3. The molecule has 0 amide bonds. The van der Waals surface area contributed by atoms with Crippen molar-refractivity contribution in [3.63, 3.8) is 0 Å². The molecule has 4 nitrogen and oxygen atoms in total. The van der Waals surface area contributed by atoms with Crippen LogP contribution in [0, 0.1) is 5.82 Å². The molecule has 0 aliphatic heterocycles. The van der Waals surface area contributed by atoms with Crippen molar-refractivity contribution in [3.05, 3.63) is 45.4 Å². The van der Waals surface area contributed by atoms with Crippen LogP contribution in [0.5, 0.6) is 0 Å². The van der Waals surface area contributed by atoms with E-state index in [1.807, 2.05) is 0 Å². The van der Waals surface area contributed by atoms with Crippen molar-refractivity contribution in [2.24, 2.45) is 0 Å². The molecule has 0 unspecified atom stereocenters. The minimum Gasteiger partial charge on any atom is -0.395 e. The van der Waals surface area contributed by atoms with Gasteiger partial charge in [0.05, 0.1) is 10.0 Å². The van der Waals surface area contributed by atoms with Gasteiger partial charge in [0.25, 0.3) is 0 Å². The van der Waals surface area contributed by atoms with Crippen LogP contribution in [0.4, 0.5) is 10.1 Å². The Kier molecular flexibility index (Phi) is 4.33. The van der Waals surface area contributed by atoms with Crippen molar-refractivity contribution >= 4 is 38.6 Å². The Labute approximate surface area is 125 Å². The monoisotopic (exact) mass is 334 g/mol. The van der Waals surface area contributed by atoms with Crippen molar-refractivity contribution < 1.29 is 12.8 Å². The number of hydrogen-bond donors (Lipinski definition) is 1. The fourth-order valence-electron chi connectivity index (χ4n) is 1.65. The van der Waals surface area contributed by atoms with Gasteiger partial charge in [0.15, 0.2) is 0 Å². The molecule has 0 saturated carbocycles. The predicted octanol–water partition coefficient (Wildman–Crippen LogP) is 2.94. The van der Waals surface area contributed by atoms with Crippen molar-refractivity contribution in [1.29, 1.82) is 0 Å². The van der Waals surface area contributed by atoms with Gasteiger partial charge in [-0.2, -0.15) is 4.31 Å². The quantitative estimate of drug-likeness (QED) is 0.874. The number of sulfonamides is 1. The summed E-state index contributed by atoms with van der Waals surface area (Å²) in [5.41, 5.74) is 5.13. The zero-order chi connectivity index (χ0) is 14.9. The highest BCUT2D eigenvalue weighted by Gasteiger charge is 2.25. The van der Waals surface area contributed by atoms with Gasteiger partial charge in [-0.1, -0.05) is 17.7 Å². The van der Waals surface area contributed by atoms with E-state index < -0.39 is 15.8 Å². The Morgan fingerprint density at radius 2 is 2.05 bits per heavy atom. The summed E-state index contributed by atoms with van der Waals surface area (Å²) < 4.78 is 39.8. The van der Waals surface area contributed by atoms with Gasteiger partial charge < -0.3 is 5.73 Å². The molecule has 8 heteroatoms. The van der Waals surface area contributed by atoms with E-state index in [1.54, 1.807) is 12.1 Å². The van der Waals surface area contributed by atoms with Crippen molar-refractivity contribution in [1.82, 2.24) is 4.31 Å². The zero-order valence-electron chi connectivity index (χ0n) is 10.5. The number of nitrogens with zero attached hydrogens (tertiary/aromatic N) is 1. The maximum Gasteiger partial charge on any atom is 0.245 e. The third kappa shape index (κ3) is 2.95. The molecule has 0 aliphatic rings. The standard InChI is InChI=1S/C12H12ClFN2O2S2/c1-16(7-8-5-6-11(13)19-8)20(17,18)10-4-2-3-9(14)12(10)15/h2-6H,7,15H2,1H3. The van der Waals surface area contributed by atoms with E-state index in [-0.39, 0.29) is 17.1 Å². The minimum absolute atomic E-state index is 0.148. The van der Waals surface area contributed by atoms with E-state index in [4.69, 9.17) is 17.3 Å². The molecule has 1 aromatic heterocycles. The summed E-state index contributed by atoms with van der Waals surface area (Å²) in [7, 11) is -2.44. The Morgan fingerprint density at radius 1 is 1.35 bits per heavy atom. The molecule has 0 fully saturated rings. The number of halogens is 2. The number of para-hydroxylation sites is 1. The van der Waals surface area contributed by atoms with Gasteiger partial charge in [-0.15, -0.1) is 11.3 Å². The summed E-state index contributed by atoms with van der Waals surface area (Å²) in [6.45, 7) is 0.148. The van der Waals surface area contributed by atoms with Crippen LogP contribution in [-0.4, -0.2) is 19.8 Å². The summed E-state index contributed by atoms with van der Waals surface area (Å²) in [6.07, 6.45) is 0. The lowest BCUT2D eigenvalue weighted by Crippen LogP contribution is -2.27. The topological polar surface area (TPSA) is 63.4 Å². The molecule has 2 rings (SSSR count). The summed E-state index contributed by atoms with van der Waals surface area (Å²) in [5.74, 6) is -0.751. The van der Waals surface area contributed by atoms with Crippen LogP contribution in [0.2, 0.25) is 4.34 Å². The molecular weight excluding hydrogens is 323 g/mol. The Morgan fingerprint density at radius 3 is 2.65 bits per heavy atom. The Hall–Kier alpha value is -1.15. The molecule has 0 spiro atoms. The van der Waals surface area contributed by atoms with Gasteiger partial charge in [0, 0.05) is 18.5 Å². The second-order valence-corrected chi connectivity index (χ2v) is 7.93. The summed E-state index contributed by atoms with van der Waals surface area (Å²) in [5, 5.41) is 0. The van der Waals surface area contributed by atoms with Crippen molar-refractivity contribution in [2.45, 2.75) is 11.4 Å². The number of benzene rings is 1. The molecule has 2 N–H and O–H groups in total. The third-order valence-electron chi connectivity index (χ3n) is 2.71. The van der Waals surface area contributed by atoms with Crippen molar-refractivity contribution in [2.75, 3.05) is 12.8 Å². The van der Waals surface area contributed by atoms with E-state index in [1.165, 1.54) is 30.5 Å². The van der Waals surface area contributed by atoms with Gasteiger partial charge in [-0.05, 0) is 24.3 Å². The van der Waals surface area contributed by atoms with Gasteiger partial charge in [0.1, 0.15) is 10.7 Å². The normalized spacial score (nSPS) is 12.0. The summed E-state index contributed by atoms with van der Waals surface area (Å²) >= 11 is 7.09. The molecule has 0 saturated heterocycles. The average molecular weight is 335 g/mol. The molecule has 0 atom stereocenters. The number of thiophene rings is 1. The number of anilines is 1. The van der Waals surface area contributed by atoms with Crippen molar-refractivity contribution in [3.8, 4) is 0 Å². The Bertz CT molecular complexity index is 731. The third-order valence-corrected chi connectivity index (χ3v) is 5.79. The number of nitrogens with two attached hydrogens (primary N) is 1. The fourth-order valence-corrected chi connectivity index (χ4v) is 4.14. The van der Waals surface area contributed by atoms with Gasteiger partial charge in [0.2, 0.25) is 10.0 Å². The van der Waals surface area contributed by atoms with E-state index >= 15 is 0 Å². The van der Waals surface area contributed by atoms with E-state index in [0.717, 1.165) is 15.2 Å². The smallest absolute Gasteiger partial charge is 0.245 e. The van der Waals surface area contributed by atoms with Crippen LogP contribution in [0.25, 0.3) is 0 Å². The van der Waals surface area contributed by atoms with E-state index in [9.17, 15) is 12.8 Å². The molecule has 0 bridgehead atoms. The summed E-state index contributed by atoms with van der Waals surface area (Å²) in [6, 6.07) is 7.15. The molecule has 1 heterocycles. The first-order valence-corrected chi connectivity index (χ1v) is 8.20. The first-order valence-electron chi connectivity index (χ1n) is 5.57. The van der Waals surface area contributed by atoms with E-state index in [0.29, 0.717) is 4.34 Å². The number of nitrogen functional groups attached to an aromatic ring is 1. The van der Waals surface area contributed by atoms with Crippen LogP contribution in [-0.2, 0) is 16.6 Å². The molecule has 108 valence electrons. The first kappa shape index (κ1) is 15.2. The molecule has 0 radical (unpaired) electrons. The second kappa shape index (κ2) is 5.69. The van der Waals surface area contributed by atoms with Gasteiger partial charge >= 0.3 is 0 Å². The number of rotatable bonds is 4. The maximum atomic E-state index is 13.4. The first-order chi connectivity index (χ1) is 9.32. The lowest BCUT2D eigenvalue weighted by Gasteiger charge is -2.17. The largest absolute Gasteiger partial charge is 0.395 e. The molecule has 20 heavy (non-hydrogen) atoms. The second-order valence-electron chi connectivity index (χ2n) is 4.12. The average Bonchev–Trinajstić information content (AvgIpc) is 2.78. The molecule has 1 aromatic carbocycles. The zero-order valence-corrected chi connectivity index (χ0v) is 12.9. The lowest BCUT2D eigenvalue weighted by molar-refractivity contribution is 0.469. The van der Waals surface area contributed by atoms with Crippen LogP contribution < -0.4 is 5.73 Å². The highest BCUT2D eigenvalue weighted by atomic mass is 35.5. The van der Waals surface area contributed by atoms with Gasteiger partial charge in [-0.3, -0.25) is 0 Å². The highest BCUT2D eigenvalue weighted by molar-refractivity contribution is 7.89. The van der Waals surface area contributed by atoms with Crippen LogP contribution >= 0.6 is 22.9 Å². The fraction of sp³-hybridized carbons (Fsp3) is 0.167. The molecular formula is C12H12ClFN2O2S2. The minimum atomic E-state index is -3.85. The molecule has 0 aliphatic carbocycles. The van der Waals surface area contributed by atoms with Crippen LogP contribution in [0.3, 0.4) is 0 Å². The van der Waals surface area contributed by atoms with Crippen LogP contribution in [0.15, 0.2) is 35.2 Å². The number of hydrogen-bond acceptors (Lipinski definition) is 4. The van der Waals surface area contributed by atoms with Crippen LogP contribution in [0.1, 0.15) is 4.88 Å². The van der Waals surface area contributed by atoms with E-state index in [2.05, 4.69) is 0 Å². The maximum absolute atomic E-state index is 13.4. The van der Waals surface area contributed by atoms with Gasteiger partial charge in [-0.25, -0.2) is 12.8 Å². The molecule has 2 aromatic rings. The SMILES string of the molecule is CN(Cc1ccc(Cl)s1)S(=O)(=O)c1cccc(F)c1N.